The zero-order valence-electron chi connectivity index (χ0n) is 22.2. The van der Waals surface area contributed by atoms with E-state index in [1.54, 1.807) is 24.4 Å². The van der Waals surface area contributed by atoms with Crippen LogP contribution in [0.15, 0.2) is 54.9 Å². The second-order valence-corrected chi connectivity index (χ2v) is 10.1. The molecule has 1 aliphatic rings. The van der Waals surface area contributed by atoms with E-state index in [0.29, 0.717) is 37.3 Å². The molecule has 0 unspecified atom stereocenters. The van der Waals surface area contributed by atoms with Gasteiger partial charge >= 0.3 is 12.3 Å². The van der Waals surface area contributed by atoms with E-state index in [4.69, 9.17) is 26.1 Å². The van der Waals surface area contributed by atoms with Crippen LogP contribution in [0.25, 0.3) is 21.7 Å². The Labute approximate surface area is 239 Å². The van der Waals surface area contributed by atoms with E-state index >= 15 is 0 Å². The summed E-state index contributed by atoms with van der Waals surface area (Å²) in [4.78, 5) is 23.5. The van der Waals surface area contributed by atoms with Crippen molar-refractivity contribution in [1.29, 1.82) is 0 Å². The van der Waals surface area contributed by atoms with Crippen molar-refractivity contribution in [2.75, 3.05) is 38.3 Å². The van der Waals surface area contributed by atoms with Crippen LogP contribution in [0, 0.1) is 0 Å². The van der Waals surface area contributed by atoms with Gasteiger partial charge in [-0.2, -0.15) is 0 Å². The Kier molecular flexibility index (Phi) is 8.77. The summed E-state index contributed by atoms with van der Waals surface area (Å²) in [6.45, 7) is 3.15. The minimum atomic E-state index is -4.78. The van der Waals surface area contributed by atoms with E-state index < -0.39 is 18.1 Å². The van der Waals surface area contributed by atoms with E-state index in [1.165, 1.54) is 19.2 Å². The summed E-state index contributed by atoms with van der Waals surface area (Å²) in [5.74, 6) is -0.00526. The van der Waals surface area contributed by atoms with Gasteiger partial charge in [0.1, 0.15) is 11.6 Å². The van der Waals surface area contributed by atoms with Crippen LogP contribution in [0.4, 0.5) is 19.0 Å². The highest BCUT2D eigenvalue weighted by atomic mass is 35.5. The summed E-state index contributed by atoms with van der Waals surface area (Å²) in [5.41, 5.74) is 1.89. The maximum absolute atomic E-state index is 12.4. The lowest BCUT2D eigenvalue weighted by Gasteiger charge is -2.21. The molecule has 3 heterocycles. The van der Waals surface area contributed by atoms with E-state index in [1.807, 2.05) is 18.3 Å². The molecule has 1 saturated heterocycles. The van der Waals surface area contributed by atoms with Crippen LogP contribution in [0.5, 0.6) is 5.75 Å². The lowest BCUT2D eigenvalue weighted by Crippen LogP contribution is -2.25. The number of pyridine rings is 2. The molecule has 2 aromatic heterocycles. The Hall–Kier alpha value is -3.67. The standard InChI is InChI=1S/C29H28ClF3N4O4/c1-39-28(38)19-4-5-21-23-16-35-10-7-22(23)27(36-25(21)14-19)37-11-8-20(17-37)40-12-2-9-34-15-18-3-6-26(24(30)13-18)41-29(31,32)33/h3-7,10,13-14,16,20,34H,2,8-9,11-12,15,17H2,1H3/t20-/m1/s1. The predicted octanol–water partition coefficient (Wildman–Crippen LogP) is 5.90. The Balaban J connectivity index is 1.14. The van der Waals surface area contributed by atoms with Gasteiger partial charge in [-0.05, 0) is 55.3 Å². The Morgan fingerprint density at radius 2 is 2.00 bits per heavy atom. The summed E-state index contributed by atoms with van der Waals surface area (Å²) in [6.07, 6.45) is 0.442. The second kappa shape index (κ2) is 12.5. The molecule has 1 aliphatic heterocycles. The Morgan fingerprint density at radius 1 is 1.15 bits per heavy atom. The fourth-order valence-electron chi connectivity index (χ4n) is 4.91. The maximum atomic E-state index is 12.4. The number of halogens is 4. The highest BCUT2D eigenvalue weighted by Gasteiger charge is 2.32. The third-order valence-electron chi connectivity index (χ3n) is 6.84. The van der Waals surface area contributed by atoms with Crippen molar-refractivity contribution in [2.45, 2.75) is 31.9 Å². The Bertz CT molecular complexity index is 1550. The number of nitrogens with one attached hydrogen (secondary N) is 1. The van der Waals surface area contributed by atoms with Gasteiger partial charge in [0.25, 0.3) is 0 Å². The summed E-state index contributed by atoms with van der Waals surface area (Å²) in [7, 11) is 1.35. The van der Waals surface area contributed by atoms with Crippen LogP contribution in [0.1, 0.15) is 28.8 Å². The third kappa shape index (κ3) is 6.98. The van der Waals surface area contributed by atoms with Crippen molar-refractivity contribution in [2.24, 2.45) is 0 Å². The number of esters is 1. The molecule has 0 bridgehead atoms. The number of alkyl halides is 3. The smallest absolute Gasteiger partial charge is 0.465 e. The van der Waals surface area contributed by atoms with Crippen molar-refractivity contribution in [3.8, 4) is 5.75 Å². The number of methoxy groups -OCH3 is 1. The van der Waals surface area contributed by atoms with Gasteiger partial charge in [0.2, 0.25) is 0 Å². The fourth-order valence-corrected chi connectivity index (χ4v) is 5.16. The molecule has 4 aromatic rings. The number of hydrogen-bond acceptors (Lipinski definition) is 8. The lowest BCUT2D eigenvalue weighted by molar-refractivity contribution is -0.274. The number of hydrogen-bond donors (Lipinski definition) is 1. The molecule has 5 rings (SSSR count). The lowest BCUT2D eigenvalue weighted by atomic mass is 10.1. The number of carbonyl (C=O) groups excluding carboxylic acids is 1. The van der Waals surface area contributed by atoms with E-state index in [-0.39, 0.29) is 11.1 Å². The van der Waals surface area contributed by atoms with Gasteiger partial charge in [0, 0.05) is 54.8 Å². The Morgan fingerprint density at radius 3 is 2.78 bits per heavy atom. The van der Waals surface area contributed by atoms with Gasteiger partial charge in [-0.15, -0.1) is 13.2 Å². The van der Waals surface area contributed by atoms with E-state index in [2.05, 4.69) is 19.9 Å². The van der Waals surface area contributed by atoms with Crippen LogP contribution < -0.4 is 15.0 Å². The van der Waals surface area contributed by atoms with Crippen LogP contribution in [-0.4, -0.2) is 61.8 Å². The average Bonchev–Trinajstić information content (AvgIpc) is 3.43. The molecular formula is C29H28ClF3N4O4. The average molecular weight is 589 g/mol. The van der Waals surface area contributed by atoms with Gasteiger partial charge in [0.05, 0.1) is 29.3 Å². The minimum Gasteiger partial charge on any atom is -0.465 e. The molecule has 0 spiro atoms. The second-order valence-electron chi connectivity index (χ2n) is 9.65. The minimum absolute atomic E-state index is 0.0470. The zero-order chi connectivity index (χ0) is 29.0. The number of anilines is 1. The summed E-state index contributed by atoms with van der Waals surface area (Å²) in [6, 6.07) is 11.5. The van der Waals surface area contributed by atoms with Crippen molar-refractivity contribution in [1.82, 2.24) is 15.3 Å². The molecule has 1 N–H and O–H groups in total. The number of fused-ring (bicyclic) bond motifs is 3. The molecule has 0 amide bonds. The van der Waals surface area contributed by atoms with Crippen molar-refractivity contribution in [3.05, 3.63) is 71.0 Å². The first kappa shape index (κ1) is 28.8. The number of benzene rings is 2. The van der Waals surface area contributed by atoms with E-state index in [0.717, 1.165) is 46.9 Å². The molecule has 0 radical (unpaired) electrons. The first-order chi connectivity index (χ1) is 19.7. The molecule has 0 aliphatic carbocycles. The summed E-state index contributed by atoms with van der Waals surface area (Å²) >= 11 is 5.91. The zero-order valence-corrected chi connectivity index (χ0v) is 23.0. The number of rotatable bonds is 10. The molecular weight excluding hydrogens is 561 g/mol. The number of nitrogens with zero attached hydrogens (tertiary/aromatic N) is 3. The normalized spacial score (nSPS) is 15.5. The highest BCUT2D eigenvalue weighted by molar-refractivity contribution is 6.32. The van der Waals surface area contributed by atoms with Gasteiger partial charge in [-0.3, -0.25) is 4.98 Å². The number of ether oxygens (including phenoxy) is 3. The molecule has 41 heavy (non-hydrogen) atoms. The first-order valence-corrected chi connectivity index (χ1v) is 13.5. The van der Waals surface area contributed by atoms with Crippen LogP contribution in [-0.2, 0) is 16.0 Å². The van der Waals surface area contributed by atoms with Gasteiger partial charge in [-0.1, -0.05) is 23.7 Å². The predicted molar refractivity (Wildman–Crippen MR) is 149 cm³/mol. The van der Waals surface area contributed by atoms with Crippen molar-refractivity contribution < 1.29 is 32.2 Å². The maximum Gasteiger partial charge on any atom is 0.573 e. The molecule has 12 heteroatoms. The van der Waals surface area contributed by atoms with Crippen LogP contribution >= 0.6 is 11.6 Å². The van der Waals surface area contributed by atoms with Gasteiger partial charge in [0.15, 0.2) is 0 Å². The van der Waals surface area contributed by atoms with E-state index in [9.17, 15) is 18.0 Å². The fraction of sp³-hybridized carbons (Fsp3) is 0.345. The topological polar surface area (TPSA) is 85.8 Å². The molecule has 216 valence electrons. The SMILES string of the molecule is COC(=O)c1ccc2c(c1)nc(N1CC[C@@H](OCCCNCc3ccc(OC(F)(F)F)c(Cl)c3)C1)c1ccncc12. The molecule has 8 nitrogen and oxygen atoms in total. The molecule has 0 saturated carbocycles. The molecule has 1 fully saturated rings. The largest absolute Gasteiger partial charge is 0.573 e. The third-order valence-corrected chi connectivity index (χ3v) is 7.14. The van der Waals surface area contributed by atoms with Crippen LogP contribution in [0.2, 0.25) is 5.02 Å². The molecule has 2 aromatic carbocycles. The number of aromatic nitrogens is 2. The number of carbonyl (C=O) groups is 1. The quantitative estimate of drug-likeness (QED) is 0.139. The van der Waals surface area contributed by atoms with Gasteiger partial charge < -0.3 is 24.4 Å². The van der Waals surface area contributed by atoms with Crippen molar-refractivity contribution in [3.63, 3.8) is 0 Å². The summed E-state index contributed by atoms with van der Waals surface area (Å²) < 4.78 is 52.1. The monoisotopic (exact) mass is 588 g/mol. The highest BCUT2D eigenvalue weighted by Crippen LogP contribution is 2.34. The molecule has 1 atom stereocenters. The summed E-state index contributed by atoms with van der Waals surface area (Å²) in [5, 5.41) is 6.02. The van der Waals surface area contributed by atoms with Crippen LogP contribution in [0.3, 0.4) is 0 Å². The van der Waals surface area contributed by atoms with Crippen molar-refractivity contribution >= 4 is 45.1 Å². The van der Waals surface area contributed by atoms with Gasteiger partial charge in [-0.25, -0.2) is 9.78 Å². The first-order valence-electron chi connectivity index (χ1n) is 13.1.